The molecule has 0 spiro atoms. The number of benzene rings is 1. The molecule has 0 aromatic heterocycles. The van der Waals surface area contributed by atoms with Gasteiger partial charge in [0.25, 0.3) is 5.91 Å². The minimum absolute atomic E-state index is 0.0575. The van der Waals surface area contributed by atoms with Gasteiger partial charge in [-0.1, -0.05) is 39.8 Å². The summed E-state index contributed by atoms with van der Waals surface area (Å²) in [5.74, 6) is -4.63. The molecule has 4 atom stereocenters. The third-order valence-corrected chi connectivity index (χ3v) is 7.07. The van der Waals surface area contributed by atoms with Crippen LogP contribution in [0, 0.1) is 11.3 Å². The molecule has 42 heavy (non-hydrogen) atoms. The monoisotopic (exact) mass is 596 g/mol. The van der Waals surface area contributed by atoms with Gasteiger partial charge in [0.05, 0.1) is 6.04 Å². The molecule has 1 aliphatic carbocycles. The maximum absolute atomic E-state index is 13.5. The summed E-state index contributed by atoms with van der Waals surface area (Å²) in [6.07, 6.45) is -2.88. The summed E-state index contributed by atoms with van der Waals surface area (Å²) in [6, 6.07) is 2.90. The summed E-state index contributed by atoms with van der Waals surface area (Å²) in [4.78, 5) is 64.3. The maximum atomic E-state index is 13.5. The average Bonchev–Trinajstić information content (AvgIpc) is 3.59. The van der Waals surface area contributed by atoms with Gasteiger partial charge in [0, 0.05) is 24.9 Å². The number of amides is 4. The molecule has 4 N–H and O–H groups in total. The highest BCUT2D eigenvalue weighted by Crippen LogP contribution is 2.28. The van der Waals surface area contributed by atoms with Crippen LogP contribution in [0.25, 0.3) is 0 Å². The fourth-order valence-corrected chi connectivity index (χ4v) is 4.79. The minimum atomic E-state index is -4.86. The standard InChI is InChI=1S/C29H39F3N4O6/c1-16(17-6-5-7-20(13-17)42-29(30,31)32)12-23(37)35-22(15-28(2,3)4)26(40)36-21(14-18-10-11-33-25(18)39)24(38)27(41)34-19-8-9-19/h5-7,13,16,18-19,21-22H,8-12,14-15H2,1-4H3,(H,33,39)(H,34,41)(H,35,37)(H,36,40)/t16-,18-,21?,22-/m0/s1. The third kappa shape index (κ3) is 10.6. The van der Waals surface area contributed by atoms with E-state index in [2.05, 4.69) is 26.0 Å². The lowest BCUT2D eigenvalue weighted by molar-refractivity contribution is -0.274. The zero-order chi connectivity index (χ0) is 31.2. The largest absolute Gasteiger partial charge is 0.573 e. The molecule has 3 rings (SSSR count). The molecule has 1 aromatic carbocycles. The van der Waals surface area contributed by atoms with Crippen molar-refractivity contribution in [2.24, 2.45) is 11.3 Å². The van der Waals surface area contributed by atoms with E-state index in [4.69, 9.17) is 0 Å². The van der Waals surface area contributed by atoms with Crippen molar-refractivity contribution < 1.29 is 41.9 Å². The van der Waals surface area contributed by atoms with Crippen LogP contribution in [0.4, 0.5) is 13.2 Å². The number of carbonyl (C=O) groups is 5. The van der Waals surface area contributed by atoms with Crippen LogP contribution in [0.3, 0.4) is 0 Å². The van der Waals surface area contributed by atoms with Gasteiger partial charge in [-0.2, -0.15) is 0 Å². The van der Waals surface area contributed by atoms with E-state index in [0.29, 0.717) is 18.5 Å². The smallest absolute Gasteiger partial charge is 0.406 e. The van der Waals surface area contributed by atoms with E-state index in [1.165, 1.54) is 12.1 Å². The fourth-order valence-electron chi connectivity index (χ4n) is 4.79. The van der Waals surface area contributed by atoms with E-state index in [9.17, 15) is 37.1 Å². The molecule has 2 fully saturated rings. The highest BCUT2D eigenvalue weighted by atomic mass is 19.4. The Hall–Kier alpha value is -3.64. The Kier molecular flexibility index (Phi) is 10.6. The van der Waals surface area contributed by atoms with Gasteiger partial charge in [-0.15, -0.1) is 13.2 Å². The first-order valence-electron chi connectivity index (χ1n) is 14.1. The van der Waals surface area contributed by atoms with Crippen LogP contribution in [0.15, 0.2) is 24.3 Å². The van der Waals surface area contributed by atoms with Crippen molar-refractivity contribution in [3.63, 3.8) is 0 Å². The van der Waals surface area contributed by atoms with Crippen molar-refractivity contribution in [3.8, 4) is 5.75 Å². The number of rotatable bonds is 13. The Labute approximate surface area is 242 Å². The maximum Gasteiger partial charge on any atom is 0.573 e. The molecule has 0 radical (unpaired) electrons. The number of halogens is 3. The van der Waals surface area contributed by atoms with E-state index in [0.717, 1.165) is 18.9 Å². The van der Waals surface area contributed by atoms with Crippen LogP contribution >= 0.6 is 0 Å². The number of carbonyl (C=O) groups excluding carboxylic acids is 5. The second-order valence-corrected chi connectivity index (χ2v) is 12.3. The Balaban J connectivity index is 1.71. The number of ether oxygens (including phenoxy) is 1. The van der Waals surface area contributed by atoms with Gasteiger partial charge in [0.1, 0.15) is 11.8 Å². The highest BCUT2D eigenvalue weighted by molar-refractivity contribution is 6.38. The molecule has 1 aliphatic heterocycles. The number of hydrogen-bond acceptors (Lipinski definition) is 6. The molecule has 10 nitrogen and oxygen atoms in total. The second-order valence-electron chi connectivity index (χ2n) is 12.3. The summed E-state index contributed by atoms with van der Waals surface area (Å²) >= 11 is 0. The second kappa shape index (κ2) is 13.6. The van der Waals surface area contributed by atoms with Gasteiger partial charge < -0.3 is 26.0 Å². The van der Waals surface area contributed by atoms with Crippen LogP contribution in [0.5, 0.6) is 5.75 Å². The van der Waals surface area contributed by atoms with E-state index in [-0.39, 0.29) is 31.2 Å². The molecule has 1 unspecified atom stereocenters. The third-order valence-electron chi connectivity index (χ3n) is 7.07. The van der Waals surface area contributed by atoms with Crippen LogP contribution < -0.4 is 26.0 Å². The lowest BCUT2D eigenvalue weighted by Gasteiger charge is -2.28. The predicted octanol–water partition coefficient (Wildman–Crippen LogP) is 2.86. The van der Waals surface area contributed by atoms with E-state index in [1.807, 2.05) is 20.8 Å². The van der Waals surface area contributed by atoms with Crippen LogP contribution in [-0.2, 0) is 24.0 Å². The van der Waals surface area contributed by atoms with E-state index in [1.54, 1.807) is 13.0 Å². The Morgan fingerprint density at radius 3 is 2.31 bits per heavy atom. The van der Waals surface area contributed by atoms with Crippen LogP contribution in [-0.4, -0.2) is 60.4 Å². The average molecular weight is 597 g/mol. The molecular formula is C29H39F3N4O6. The molecular weight excluding hydrogens is 557 g/mol. The van der Waals surface area contributed by atoms with Gasteiger partial charge >= 0.3 is 6.36 Å². The summed E-state index contributed by atoms with van der Waals surface area (Å²) in [6.45, 7) is 7.68. The molecule has 1 heterocycles. The van der Waals surface area contributed by atoms with Crippen LogP contribution in [0.2, 0.25) is 0 Å². The van der Waals surface area contributed by atoms with Crippen LogP contribution in [0.1, 0.15) is 77.7 Å². The quantitative estimate of drug-likeness (QED) is 0.258. The number of ketones is 1. The first kappa shape index (κ1) is 32.9. The number of hydrogen-bond donors (Lipinski definition) is 4. The lowest BCUT2D eigenvalue weighted by Crippen LogP contribution is -2.55. The SMILES string of the molecule is C[C@@H](CC(=O)N[C@@H](CC(C)(C)C)C(=O)NC(C[C@@H]1CCNC1=O)C(=O)C(=O)NC1CC1)c1cccc(OC(F)(F)F)c1. The Bertz CT molecular complexity index is 1180. The normalized spacial score (nSPS) is 19.2. The van der Waals surface area contributed by atoms with Crippen molar-refractivity contribution in [2.75, 3.05) is 6.54 Å². The zero-order valence-electron chi connectivity index (χ0n) is 24.2. The molecule has 2 aliphatic rings. The topological polar surface area (TPSA) is 143 Å². The summed E-state index contributed by atoms with van der Waals surface area (Å²) in [5, 5.41) is 10.6. The fraction of sp³-hybridized carbons (Fsp3) is 0.621. The van der Waals surface area contributed by atoms with Gasteiger partial charge in [-0.25, -0.2) is 0 Å². The summed E-state index contributed by atoms with van der Waals surface area (Å²) < 4.78 is 41.8. The first-order chi connectivity index (χ1) is 19.5. The van der Waals surface area contributed by atoms with Gasteiger partial charge in [0.2, 0.25) is 23.5 Å². The summed E-state index contributed by atoms with van der Waals surface area (Å²) in [5.41, 5.74) is 0.00384. The van der Waals surface area contributed by atoms with Crippen molar-refractivity contribution in [3.05, 3.63) is 29.8 Å². The number of alkyl halides is 3. The molecule has 1 saturated carbocycles. The summed E-state index contributed by atoms with van der Waals surface area (Å²) in [7, 11) is 0. The molecule has 4 amide bonds. The minimum Gasteiger partial charge on any atom is -0.406 e. The van der Waals surface area contributed by atoms with Crippen molar-refractivity contribution in [2.45, 2.75) is 96.6 Å². The lowest BCUT2D eigenvalue weighted by atomic mass is 9.87. The van der Waals surface area contributed by atoms with Gasteiger partial charge in [-0.3, -0.25) is 24.0 Å². The van der Waals surface area contributed by atoms with Gasteiger partial charge in [0.15, 0.2) is 0 Å². The zero-order valence-corrected chi connectivity index (χ0v) is 24.2. The molecule has 1 saturated heterocycles. The molecule has 1 aromatic rings. The van der Waals surface area contributed by atoms with E-state index < -0.39 is 65.0 Å². The Morgan fingerprint density at radius 2 is 1.74 bits per heavy atom. The number of nitrogens with one attached hydrogen (secondary N) is 4. The van der Waals surface area contributed by atoms with Gasteiger partial charge in [-0.05, 0) is 61.1 Å². The molecule has 232 valence electrons. The van der Waals surface area contributed by atoms with Crippen molar-refractivity contribution in [1.29, 1.82) is 0 Å². The number of Topliss-reactive ketones (excluding diaryl/α,β-unsaturated/α-hetero) is 1. The highest BCUT2D eigenvalue weighted by Gasteiger charge is 2.38. The molecule has 0 bridgehead atoms. The Morgan fingerprint density at radius 1 is 1.05 bits per heavy atom. The molecule has 13 heteroatoms. The predicted molar refractivity (Wildman–Crippen MR) is 146 cm³/mol. The van der Waals surface area contributed by atoms with E-state index >= 15 is 0 Å². The first-order valence-corrected chi connectivity index (χ1v) is 14.1. The van der Waals surface area contributed by atoms with Crippen molar-refractivity contribution in [1.82, 2.24) is 21.3 Å². The van der Waals surface area contributed by atoms with Crippen molar-refractivity contribution >= 4 is 29.4 Å².